The van der Waals surface area contributed by atoms with Gasteiger partial charge in [0.05, 0.1) is 5.69 Å². The summed E-state index contributed by atoms with van der Waals surface area (Å²) in [6, 6.07) is 4.24. The molecule has 13 heavy (non-hydrogen) atoms. The first-order valence-corrected chi connectivity index (χ1v) is 4.74. The van der Waals surface area contributed by atoms with Crippen molar-refractivity contribution in [3.05, 3.63) is 35.7 Å². The second-order valence-corrected chi connectivity index (χ2v) is 3.60. The first-order valence-electron chi connectivity index (χ1n) is 4.74. The summed E-state index contributed by atoms with van der Waals surface area (Å²) in [5.41, 5.74) is 3.61. The van der Waals surface area contributed by atoms with Gasteiger partial charge in [-0.25, -0.2) is 0 Å². The summed E-state index contributed by atoms with van der Waals surface area (Å²) in [6.45, 7) is 8.48. The highest BCUT2D eigenvalue weighted by Gasteiger charge is 2.00. The van der Waals surface area contributed by atoms with Crippen molar-refractivity contribution >= 4 is 5.57 Å². The second kappa shape index (κ2) is 4.22. The Morgan fingerprint density at radius 3 is 2.46 bits per heavy atom. The molecule has 1 rings (SSSR count). The maximum absolute atomic E-state index is 4.40. The van der Waals surface area contributed by atoms with Crippen LogP contribution in [0.4, 0.5) is 0 Å². The van der Waals surface area contributed by atoms with Crippen LogP contribution in [-0.4, -0.2) is 4.98 Å². The van der Waals surface area contributed by atoms with E-state index in [-0.39, 0.29) is 0 Å². The molecule has 70 valence electrons. The molecule has 0 bridgehead atoms. The third kappa shape index (κ3) is 2.41. The Bertz CT molecular complexity index is 293. The van der Waals surface area contributed by atoms with Gasteiger partial charge in [-0.15, -0.1) is 0 Å². The Morgan fingerprint density at radius 1 is 1.38 bits per heavy atom. The van der Waals surface area contributed by atoms with Gasteiger partial charge in [-0.3, -0.25) is 4.98 Å². The molecule has 0 spiro atoms. The largest absolute Gasteiger partial charge is 0.256 e. The molecule has 1 nitrogen and oxygen atoms in total. The lowest BCUT2D eigenvalue weighted by molar-refractivity contribution is 0.857. The third-order valence-corrected chi connectivity index (χ3v) is 2.29. The summed E-state index contributed by atoms with van der Waals surface area (Å²) in [4.78, 5) is 4.40. The van der Waals surface area contributed by atoms with Gasteiger partial charge in [0.1, 0.15) is 0 Å². The van der Waals surface area contributed by atoms with Gasteiger partial charge in [0, 0.05) is 6.20 Å². The summed E-state index contributed by atoms with van der Waals surface area (Å²) in [5.74, 6) is 0.562. The number of hydrogen-bond acceptors (Lipinski definition) is 1. The highest BCUT2D eigenvalue weighted by Crippen LogP contribution is 2.16. The van der Waals surface area contributed by atoms with Crippen molar-refractivity contribution < 1.29 is 0 Å². The van der Waals surface area contributed by atoms with Crippen LogP contribution in [0.15, 0.2) is 24.4 Å². The molecule has 1 aromatic heterocycles. The smallest absolute Gasteiger partial charge is 0.0655 e. The first kappa shape index (κ1) is 9.97. The van der Waals surface area contributed by atoms with Gasteiger partial charge >= 0.3 is 0 Å². The first-order chi connectivity index (χ1) is 6.15. The fourth-order valence-corrected chi connectivity index (χ4v) is 1.13. The molecule has 0 aliphatic heterocycles. The van der Waals surface area contributed by atoms with E-state index in [4.69, 9.17) is 0 Å². The van der Waals surface area contributed by atoms with E-state index in [0.717, 1.165) is 5.69 Å². The fourth-order valence-electron chi connectivity index (χ4n) is 1.13. The van der Waals surface area contributed by atoms with E-state index >= 15 is 0 Å². The molecule has 0 saturated carbocycles. The molecule has 0 amide bonds. The van der Waals surface area contributed by atoms with Crippen molar-refractivity contribution in [2.45, 2.75) is 33.6 Å². The molecule has 0 fully saturated rings. The van der Waals surface area contributed by atoms with Gasteiger partial charge in [-0.2, -0.15) is 0 Å². The Morgan fingerprint density at radius 2 is 2.08 bits per heavy atom. The van der Waals surface area contributed by atoms with E-state index in [1.807, 2.05) is 13.1 Å². The van der Waals surface area contributed by atoms with Gasteiger partial charge in [-0.05, 0) is 37.0 Å². The van der Waals surface area contributed by atoms with Gasteiger partial charge in [0.25, 0.3) is 0 Å². The van der Waals surface area contributed by atoms with Gasteiger partial charge in [0.15, 0.2) is 0 Å². The second-order valence-electron chi connectivity index (χ2n) is 3.60. The van der Waals surface area contributed by atoms with Crippen LogP contribution in [-0.2, 0) is 0 Å². The number of nitrogens with zero attached hydrogens (tertiary/aromatic N) is 1. The zero-order valence-corrected chi connectivity index (χ0v) is 8.83. The minimum Gasteiger partial charge on any atom is -0.256 e. The lowest BCUT2D eigenvalue weighted by Gasteiger charge is -2.05. The van der Waals surface area contributed by atoms with Crippen molar-refractivity contribution in [1.29, 1.82) is 0 Å². The molecule has 1 aromatic rings. The average Bonchev–Trinajstić information content (AvgIpc) is 2.17. The van der Waals surface area contributed by atoms with Crippen LogP contribution in [0.25, 0.3) is 5.57 Å². The zero-order valence-electron chi connectivity index (χ0n) is 8.83. The van der Waals surface area contributed by atoms with Crippen LogP contribution >= 0.6 is 0 Å². The number of pyridine rings is 1. The highest BCUT2D eigenvalue weighted by atomic mass is 14.7. The molecular weight excluding hydrogens is 158 g/mol. The van der Waals surface area contributed by atoms with E-state index in [9.17, 15) is 0 Å². The lowest BCUT2D eigenvalue weighted by atomic mass is 10.0. The fraction of sp³-hybridized carbons (Fsp3) is 0.417. The molecule has 0 aromatic carbocycles. The molecular formula is C12H17N. The van der Waals surface area contributed by atoms with E-state index in [0.29, 0.717) is 5.92 Å². The lowest BCUT2D eigenvalue weighted by Crippen LogP contribution is -1.91. The van der Waals surface area contributed by atoms with E-state index in [1.54, 1.807) is 0 Å². The molecule has 1 heterocycles. The predicted octanol–water partition coefficient (Wildman–Crippen LogP) is 3.63. The summed E-state index contributed by atoms with van der Waals surface area (Å²) in [6.07, 6.45) is 4.05. The van der Waals surface area contributed by atoms with Crippen LogP contribution < -0.4 is 0 Å². The minimum atomic E-state index is 0.562. The molecule has 0 unspecified atom stereocenters. The number of allylic oxidation sites excluding steroid dienone is 2. The summed E-state index contributed by atoms with van der Waals surface area (Å²) >= 11 is 0. The number of rotatable bonds is 2. The van der Waals surface area contributed by atoms with Crippen molar-refractivity contribution in [2.75, 3.05) is 0 Å². The van der Waals surface area contributed by atoms with Crippen LogP contribution in [0, 0.1) is 0 Å². The number of aromatic nitrogens is 1. The third-order valence-electron chi connectivity index (χ3n) is 2.29. The van der Waals surface area contributed by atoms with Crippen molar-refractivity contribution in [1.82, 2.24) is 4.98 Å². The van der Waals surface area contributed by atoms with Crippen LogP contribution in [0.1, 0.15) is 44.9 Å². The predicted molar refractivity (Wildman–Crippen MR) is 57.7 cm³/mol. The SMILES string of the molecule is CC=C(C)c1ccc(C(C)C)cn1. The highest BCUT2D eigenvalue weighted by molar-refractivity contribution is 5.59. The van der Waals surface area contributed by atoms with Crippen LogP contribution in [0.2, 0.25) is 0 Å². The molecule has 0 aliphatic carbocycles. The van der Waals surface area contributed by atoms with Crippen LogP contribution in [0.3, 0.4) is 0 Å². The topological polar surface area (TPSA) is 12.9 Å². The normalized spacial score (nSPS) is 12.2. The molecule has 0 N–H and O–H groups in total. The van der Waals surface area contributed by atoms with E-state index in [1.165, 1.54) is 11.1 Å². The monoisotopic (exact) mass is 175 g/mol. The molecule has 0 radical (unpaired) electrons. The number of hydrogen-bond donors (Lipinski definition) is 0. The molecule has 0 atom stereocenters. The van der Waals surface area contributed by atoms with Gasteiger partial charge in [-0.1, -0.05) is 26.0 Å². The average molecular weight is 175 g/mol. The quantitative estimate of drug-likeness (QED) is 0.669. The van der Waals surface area contributed by atoms with Crippen molar-refractivity contribution in [3.63, 3.8) is 0 Å². The maximum Gasteiger partial charge on any atom is 0.0655 e. The summed E-state index contributed by atoms with van der Waals surface area (Å²) in [7, 11) is 0. The van der Waals surface area contributed by atoms with Gasteiger partial charge in [0.2, 0.25) is 0 Å². The van der Waals surface area contributed by atoms with Crippen LogP contribution in [0.5, 0.6) is 0 Å². The maximum atomic E-state index is 4.40. The molecule has 0 saturated heterocycles. The zero-order chi connectivity index (χ0) is 9.84. The molecule has 1 heteroatoms. The van der Waals surface area contributed by atoms with Crippen molar-refractivity contribution in [2.24, 2.45) is 0 Å². The van der Waals surface area contributed by atoms with Gasteiger partial charge < -0.3 is 0 Å². The summed E-state index contributed by atoms with van der Waals surface area (Å²) in [5, 5.41) is 0. The standard InChI is InChI=1S/C12H17N/c1-5-10(4)12-7-6-11(8-13-12)9(2)3/h5-9H,1-4H3. The Kier molecular flexibility index (Phi) is 3.24. The Labute approximate surface area is 80.5 Å². The molecule has 0 aliphatic rings. The Balaban J connectivity index is 2.94. The minimum absolute atomic E-state index is 0.562. The summed E-state index contributed by atoms with van der Waals surface area (Å²) < 4.78 is 0. The van der Waals surface area contributed by atoms with Crippen molar-refractivity contribution in [3.8, 4) is 0 Å². The van der Waals surface area contributed by atoms with E-state index in [2.05, 4.69) is 44.0 Å². The van der Waals surface area contributed by atoms with E-state index < -0.39 is 0 Å². The Hall–Kier alpha value is -1.11.